The van der Waals surface area contributed by atoms with Crippen LogP contribution in [0.1, 0.15) is 38.8 Å². The molecule has 106 valence electrons. The van der Waals surface area contributed by atoms with Crippen LogP contribution in [0.4, 0.5) is 4.79 Å². The predicted octanol–water partition coefficient (Wildman–Crippen LogP) is 3.29. The summed E-state index contributed by atoms with van der Waals surface area (Å²) >= 11 is 5.93. The van der Waals surface area contributed by atoms with Crippen molar-refractivity contribution >= 4 is 17.7 Å². The van der Waals surface area contributed by atoms with E-state index in [4.69, 9.17) is 21.4 Å². The number of hydrogen-bond donors (Lipinski definition) is 2. The highest BCUT2D eigenvalue weighted by molar-refractivity contribution is 6.30. The van der Waals surface area contributed by atoms with Gasteiger partial charge in [0.15, 0.2) is 0 Å². The zero-order valence-corrected chi connectivity index (χ0v) is 12.2. The summed E-state index contributed by atoms with van der Waals surface area (Å²) in [4.78, 5) is 11.8. The van der Waals surface area contributed by atoms with Gasteiger partial charge in [0.05, 0.1) is 6.04 Å². The lowest BCUT2D eigenvalue weighted by Crippen LogP contribution is -2.35. The molecule has 0 aliphatic heterocycles. The molecule has 0 fully saturated rings. The van der Waals surface area contributed by atoms with Crippen LogP contribution in [0, 0.1) is 0 Å². The van der Waals surface area contributed by atoms with Gasteiger partial charge in [0.1, 0.15) is 5.60 Å². The summed E-state index contributed by atoms with van der Waals surface area (Å²) in [7, 11) is 0. The first-order valence-corrected chi connectivity index (χ1v) is 6.55. The van der Waals surface area contributed by atoms with Crippen LogP contribution in [0.3, 0.4) is 0 Å². The number of aliphatic hydroxyl groups is 1. The molecule has 0 bridgehead atoms. The first-order chi connectivity index (χ1) is 8.81. The molecule has 1 atom stereocenters. The van der Waals surface area contributed by atoms with Crippen molar-refractivity contribution in [2.45, 2.75) is 38.8 Å². The molecule has 0 aliphatic carbocycles. The Labute approximate surface area is 118 Å². The summed E-state index contributed by atoms with van der Waals surface area (Å²) < 4.78 is 5.20. The molecule has 19 heavy (non-hydrogen) atoms. The molecular weight excluding hydrogens is 266 g/mol. The molecule has 0 aromatic heterocycles. The maximum atomic E-state index is 11.8. The van der Waals surface area contributed by atoms with Gasteiger partial charge in [-0.25, -0.2) is 4.79 Å². The molecule has 1 aromatic rings. The Kier molecular flexibility index (Phi) is 5.63. The Hall–Kier alpha value is -1.26. The number of amides is 1. The van der Waals surface area contributed by atoms with E-state index in [0.717, 1.165) is 5.56 Å². The lowest BCUT2D eigenvalue weighted by atomic mass is 10.0. The average molecular weight is 286 g/mol. The molecule has 1 amide bonds. The number of carbonyl (C=O) groups is 1. The molecule has 0 heterocycles. The summed E-state index contributed by atoms with van der Waals surface area (Å²) in [5, 5.41) is 12.4. The fourth-order valence-corrected chi connectivity index (χ4v) is 1.82. The van der Waals surface area contributed by atoms with Gasteiger partial charge in [-0.3, -0.25) is 0 Å². The molecule has 0 saturated carbocycles. The van der Waals surface area contributed by atoms with Crippen LogP contribution in [0.5, 0.6) is 0 Å². The van der Waals surface area contributed by atoms with Gasteiger partial charge in [0, 0.05) is 11.6 Å². The molecule has 1 aromatic carbocycles. The summed E-state index contributed by atoms with van der Waals surface area (Å²) in [6, 6.07) is 6.86. The number of carbonyl (C=O) groups excluding carboxylic acids is 1. The van der Waals surface area contributed by atoms with Gasteiger partial charge in [-0.05, 0) is 44.9 Å². The van der Waals surface area contributed by atoms with Gasteiger partial charge >= 0.3 is 6.09 Å². The van der Waals surface area contributed by atoms with Crippen LogP contribution in [-0.2, 0) is 4.74 Å². The van der Waals surface area contributed by atoms with Gasteiger partial charge in [-0.15, -0.1) is 0 Å². The van der Waals surface area contributed by atoms with Crippen LogP contribution in [0.15, 0.2) is 24.3 Å². The third kappa shape index (κ3) is 5.94. The second-order valence-electron chi connectivity index (χ2n) is 5.27. The average Bonchev–Trinajstić information content (AvgIpc) is 2.26. The van der Waals surface area contributed by atoms with Gasteiger partial charge in [-0.2, -0.15) is 0 Å². The Morgan fingerprint density at radius 2 is 2.16 bits per heavy atom. The highest BCUT2D eigenvalue weighted by Crippen LogP contribution is 2.21. The van der Waals surface area contributed by atoms with Crippen LogP contribution < -0.4 is 5.32 Å². The Bertz CT molecular complexity index is 429. The second-order valence-corrected chi connectivity index (χ2v) is 5.70. The number of nitrogens with one attached hydrogen (secondary N) is 1. The molecule has 5 heteroatoms. The molecule has 0 radical (unpaired) electrons. The maximum absolute atomic E-state index is 11.8. The van der Waals surface area contributed by atoms with E-state index in [1.807, 2.05) is 6.07 Å². The lowest BCUT2D eigenvalue weighted by Gasteiger charge is -2.23. The van der Waals surface area contributed by atoms with Crippen molar-refractivity contribution in [1.29, 1.82) is 0 Å². The smallest absolute Gasteiger partial charge is 0.408 e. The largest absolute Gasteiger partial charge is 0.444 e. The maximum Gasteiger partial charge on any atom is 0.408 e. The normalized spacial score (nSPS) is 12.9. The first kappa shape index (κ1) is 15.8. The summed E-state index contributed by atoms with van der Waals surface area (Å²) in [6.45, 7) is 5.36. The number of benzene rings is 1. The van der Waals surface area contributed by atoms with Gasteiger partial charge in [0.25, 0.3) is 0 Å². The minimum atomic E-state index is -0.553. The summed E-state index contributed by atoms with van der Waals surface area (Å²) in [5.74, 6) is 0. The van der Waals surface area contributed by atoms with E-state index in [0.29, 0.717) is 11.4 Å². The second kappa shape index (κ2) is 6.78. The zero-order valence-electron chi connectivity index (χ0n) is 11.4. The third-order valence-corrected chi connectivity index (χ3v) is 2.59. The number of hydrogen-bond acceptors (Lipinski definition) is 3. The Morgan fingerprint density at radius 1 is 1.47 bits per heavy atom. The molecule has 0 unspecified atom stereocenters. The van der Waals surface area contributed by atoms with Crippen molar-refractivity contribution < 1.29 is 14.6 Å². The third-order valence-electron chi connectivity index (χ3n) is 2.36. The molecule has 0 aliphatic rings. The molecule has 1 rings (SSSR count). The van der Waals surface area contributed by atoms with E-state index in [-0.39, 0.29) is 12.6 Å². The molecule has 0 spiro atoms. The quantitative estimate of drug-likeness (QED) is 0.892. The minimum absolute atomic E-state index is 0.0347. The molecule has 2 N–H and O–H groups in total. The van der Waals surface area contributed by atoms with Crippen molar-refractivity contribution in [3.05, 3.63) is 34.9 Å². The molecule has 0 saturated heterocycles. The minimum Gasteiger partial charge on any atom is -0.444 e. The van der Waals surface area contributed by atoms with Crippen LogP contribution >= 0.6 is 11.6 Å². The number of halogens is 1. The number of ether oxygens (including phenoxy) is 1. The zero-order chi connectivity index (χ0) is 14.5. The highest BCUT2D eigenvalue weighted by atomic mass is 35.5. The SMILES string of the molecule is CC(C)(C)OC(=O)N[C@@H](CCO)c1cccc(Cl)c1. The van der Waals surface area contributed by atoms with Crippen LogP contribution in [0.2, 0.25) is 5.02 Å². The van der Waals surface area contributed by atoms with Gasteiger partial charge < -0.3 is 15.2 Å². The van der Waals surface area contributed by atoms with E-state index in [2.05, 4.69) is 5.32 Å². The van der Waals surface area contributed by atoms with Crippen LogP contribution in [0.25, 0.3) is 0 Å². The monoisotopic (exact) mass is 285 g/mol. The van der Waals surface area contributed by atoms with E-state index >= 15 is 0 Å². The van der Waals surface area contributed by atoms with E-state index < -0.39 is 11.7 Å². The summed E-state index contributed by atoms with van der Waals surface area (Å²) in [6.07, 6.45) is -0.106. The van der Waals surface area contributed by atoms with E-state index in [9.17, 15) is 4.79 Å². The number of aliphatic hydroxyl groups excluding tert-OH is 1. The van der Waals surface area contributed by atoms with Gasteiger partial charge in [0.2, 0.25) is 0 Å². The Balaban J connectivity index is 2.76. The topological polar surface area (TPSA) is 58.6 Å². The van der Waals surface area contributed by atoms with Crippen molar-refractivity contribution in [2.75, 3.05) is 6.61 Å². The molecular formula is C14H20ClNO3. The first-order valence-electron chi connectivity index (χ1n) is 6.17. The molecule has 4 nitrogen and oxygen atoms in total. The van der Waals surface area contributed by atoms with Crippen LogP contribution in [-0.4, -0.2) is 23.4 Å². The van der Waals surface area contributed by atoms with Crippen molar-refractivity contribution in [3.63, 3.8) is 0 Å². The standard InChI is InChI=1S/C14H20ClNO3/c1-14(2,3)19-13(18)16-12(7-8-17)10-5-4-6-11(15)9-10/h4-6,9,12,17H,7-8H2,1-3H3,(H,16,18)/t12-/m0/s1. The lowest BCUT2D eigenvalue weighted by molar-refractivity contribution is 0.0496. The van der Waals surface area contributed by atoms with Crippen molar-refractivity contribution in [3.8, 4) is 0 Å². The Morgan fingerprint density at radius 3 is 2.68 bits per heavy atom. The number of alkyl carbamates (subject to hydrolysis) is 1. The van der Waals surface area contributed by atoms with E-state index in [1.165, 1.54) is 0 Å². The van der Waals surface area contributed by atoms with E-state index in [1.54, 1.807) is 39.0 Å². The predicted molar refractivity (Wildman–Crippen MR) is 75.3 cm³/mol. The number of rotatable bonds is 4. The summed E-state index contributed by atoms with van der Waals surface area (Å²) in [5.41, 5.74) is 0.287. The van der Waals surface area contributed by atoms with Gasteiger partial charge in [-0.1, -0.05) is 23.7 Å². The highest BCUT2D eigenvalue weighted by Gasteiger charge is 2.20. The fraction of sp³-hybridized carbons (Fsp3) is 0.500. The van der Waals surface area contributed by atoms with Crippen molar-refractivity contribution in [1.82, 2.24) is 5.32 Å². The fourth-order valence-electron chi connectivity index (χ4n) is 1.62. The van der Waals surface area contributed by atoms with Crippen molar-refractivity contribution in [2.24, 2.45) is 0 Å².